The van der Waals surface area contributed by atoms with Crippen molar-refractivity contribution in [3.63, 3.8) is 0 Å². The third kappa shape index (κ3) is 5.81. The number of hydrogen-bond donors (Lipinski definition) is 2. The highest BCUT2D eigenvalue weighted by atomic mass is 19.1. The van der Waals surface area contributed by atoms with Crippen LogP contribution in [0.5, 0.6) is 0 Å². The maximum atomic E-state index is 14.9. The number of aliphatic carboxylic acids is 1. The van der Waals surface area contributed by atoms with E-state index in [1.165, 1.54) is 36.0 Å². The van der Waals surface area contributed by atoms with Gasteiger partial charge in [0.2, 0.25) is 0 Å². The van der Waals surface area contributed by atoms with Crippen LogP contribution in [0.1, 0.15) is 21.5 Å². The van der Waals surface area contributed by atoms with Crippen molar-refractivity contribution in [1.82, 2.24) is 19.4 Å². The molecular weight excluding hydrogens is 531 g/mol. The minimum absolute atomic E-state index is 0.114. The van der Waals surface area contributed by atoms with Crippen LogP contribution < -0.4 is 16.6 Å². The lowest BCUT2D eigenvalue weighted by atomic mass is 9.97. The van der Waals surface area contributed by atoms with Crippen LogP contribution in [0, 0.1) is 5.82 Å². The van der Waals surface area contributed by atoms with Gasteiger partial charge < -0.3 is 19.7 Å². The van der Waals surface area contributed by atoms with Crippen LogP contribution in [0.3, 0.4) is 0 Å². The first-order valence-electron chi connectivity index (χ1n) is 13.2. The quantitative estimate of drug-likeness (QED) is 0.338. The van der Waals surface area contributed by atoms with Crippen molar-refractivity contribution in [2.45, 2.75) is 19.0 Å². The Balaban J connectivity index is 1.46. The van der Waals surface area contributed by atoms with Crippen molar-refractivity contribution < 1.29 is 23.8 Å². The molecule has 2 N–H and O–H groups in total. The number of nitrogens with zero attached hydrogens (tertiary/aromatic N) is 3. The van der Waals surface area contributed by atoms with Gasteiger partial charge in [0.05, 0.1) is 24.5 Å². The molecule has 1 amide bonds. The second kappa shape index (κ2) is 11.9. The number of aryl methyl sites for hydroxylation is 1. The van der Waals surface area contributed by atoms with E-state index in [1.807, 2.05) is 4.90 Å². The Morgan fingerprint density at radius 3 is 2.41 bits per heavy atom. The molecule has 1 aromatic heterocycles. The number of fused-ring (bicyclic) bond motifs is 1. The monoisotopic (exact) mass is 560 g/mol. The van der Waals surface area contributed by atoms with Crippen molar-refractivity contribution in [3.05, 3.63) is 110 Å². The lowest BCUT2D eigenvalue weighted by molar-refractivity contribution is -0.139. The first-order chi connectivity index (χ1) is 19.7. The van der Waals surface area contributed by atoms with E-state index >= 15 is 0 Å². The Morgan fingerprint density at radius 1 is 0.976 bits per heavy atom. The number of carboxylic acid groups (broad SMARTS) is 1. The third-order valence-electron chi connectivity index (χ3n) is 7.24. The highest BCUT2D eigenvalue weighted by Crippen LogP contribution is 2.25. The molecule has 0 radical (unpaired) electrons. The number of carbonyl (C=O) groups excluding carboxylic acids is 1. The minimum atomic E-state index is -1.38. The molecule has 0 saturated carbocycles. The zero-order valence-corrected chi connectivity index (χ0v) is 22.4. The van der Waals surface area contributed by atoms with E-state index in [0.29, 0.717) is 60.4 Å². The molecule has 0 spiro atoms. The number of morpholine rings is 1. The second-order valence-electron chi connectivity index (χ2n) is 9.90. The smallest absolute Gasteiger partial charge is 0.335 e. The largest absolute Gasteiger partial charge is 0.480 e. The van der Waals surface area contributed by atoms with E-state index in [9.17, 15) is 28.7 Å². The summed E-state index contributed by atoms with van der Waals surface area (Å²) in [7, 11) is 1.54. The van der Waals surface area contributed by atoms with Crippen molar-refractivity contribution in [3.8, 4) is 5.69 Å². The average Bonchev–Trinajstić information content (AvgIpc) is 2.95. The Hall–Kier alpha value is -4.61. The number of halogens is 1. The number of benzene rings is 3. The number of rotatable bonds is 8. The molecular formula is C30H29FN4O6. The lowest BCUT2D eigenvalue weighted by Crippen LogP contribution is -2.43. The first-order valence-corrected chi connectivity index (χ1v) is 13.2. The van der Waals surface area contributed by atoms with Gasteiger partial charge in [-0.25, -0.2) is 18.5 Å². The summed E-state index contributed by atoms with van der Waals surface area (Å²) in [5, 5.41) is 13.7. The van der Waals surface area contributed by atoms with Gasteiger partial charge in [0.1, 0.15) is 11.9 Å². The zero-order valence-electron chi connectivity index (χ0n) is 22.4. The molecule has 1 fully saturated rings. The topological polar surface area (TPSA) is 123 Å². The molecule has 5 rings (SSSR count). The van der Waals surface area contributed by atoms with E-state index in [4.69, 9.17) is 4.74 Å². The van der Waals surface area contributed by atoms with E-state index in [0.717, 1.165) is 4.57 Å². The van der Waals surface area contributed by atoms with Gasteiger partial charge in [-0.15, -0.1) is 0 Å². The fraction of sp³-hybridized carbons (Fsp3) is 0.267. The summed E-state index contributed by atoms with van der Waals surface area (Å²) in [5.74, 6) is -2.84. The third-order valence-corrected chi connectivity index (χ3v) is 7.24. The van der Waals surface area contributed by atoms with Crippen molar-refractivity contribution in [1.29, 1.82) is 0 Å². The summed E-state index contributed by atoms with van der Waals surface area (Å²) in [4.78, 5) is 53.0. The fourth-order valence-electron chi connectivity index (χ4n) is 5.12. The molecule has 41 heavy (non-hydrogen) atoms. The van der Waals surface area contributed by atoms with Gasteiger partial charge in [-0.1, -0.05) is 42.5 Å². The number of carboxylic acids is 1. The van der Waals surface area contributed by atoms with E-state index in [-0.39, 0.29) is 12.0 Å². The molecule has 0 aliphatic carbocycles. The maximum absolute atomic E-state index is 14.9. The maximum Gasteiger partial charge on any atom is 0.335 e. The van der Waals surface area contributed by atoms with Crippen LogP contribution in [0.2, 0.25) is 0 Å². The van der Waals surface area contributed by atoms with Crippen molar-refractivity contribution in [2.75, 3.05) is 26.3 Å². The molecule has 1 aliphatic rings. The molecule has 212 valence electrons. The number of carbonyl (C=O) groups is 2. The summed E-state index contributed by atoms with van der Waals surface area (Å²) in [5.41, 5.74) is 0.164. The Morgan fingerprint density at radius 2 is 1.66 bits per heavy atom. The SMILES string of the molecule is Cn1ccc(=O)n(-c2cccc3c(C[C@H](NC(=O)c4c(F)cccc4CN4CCOCC4)C(=O)O)cccc23)c1=O. The highest BCUT2D eigenvalue weighted by molar-refractivity contribution is 5.98. The molecule has 10 nitrogen and oxygen atoms in total. The Bertz CT molecular complexity index is 1740. The molecule has 1 saturated heterocycles. The number of amides is 1. The van der Waals surface area contributed by atoms with Gasteiger partial charge in [-0.2, -0.15) is 0 Å². The molecule has 1 atom stereocenters. The standard InChI is InChI=1S/C30H29FN4O6/c1-33-12-11-26(36)35(30(33)40)25-10-4-7-21-19(5-2-8-22(21)25)17-24(29(38)39)32-28(37)27-20(6-3-9-23(27)31)18-34-13-15-41-16-14-34/h2-12,24H,13-18H2,1H3,(H,32,37)(H,38,39)/t24-/m0/s1. The summed E-state index contributed by atoms with van der Waals surface area (Å²) in [6.07, 6.45) is 1.27. The van der Waals surface area contributed by atoms with Gasteiger partial charge in [-0.05, 0) is 28.6 Å². The molecule has 2 heterocycles. The minimum Gasteiger partial charge on any atom is -0.480 e. The number of ether oxygens (including phenoxy) is 1. The number of nitrogens with one attached hydrogen (secondary N) is 1. The summed E-state index contributed by atoms with van der Waals surface area (Å²) in [6, 6.07) is 14.5. The lowest BCUT2D eigenvalue weighted by Gasteiger charge is -2.27. The van der Waals surface area contributed by atoms with E-state index in [2.05, 4.69) is 5.32 Å². The van der Waals surface area contributed by atoms with Gasteiger partial charge in [0.25, 0.3) is 11.5 Å². The molecule has 11 heteroatoms. The van der Waals surface area contributed by atoms with Crippen LogP contribution in [0.4, 0.5) is 4.39 Å². The highest BCUT2D eigenvalue weighted by Gasteiger charge is 2.26. The van der Waals surface area contributed by atoms with E-state index in [1.54, 1.807) is 42.5 Å². The van der Waals surface area contributed by atoms with Crippen LogP contribution in [0.15, 0.2) is 76.4 Å². The number of hydrogen-bond acceptors (Lipinski definition) is 6. The Kier molecular flexibility index (Phi) is 8.09. The summed E-state index contributed by atoms with van der Waals surface area (Å²) >= 11 is 0. The van der Waals surface area contributed by atoms with Gasteiger partial charge in [-0.3, -0.25) is 14.5 Å². The van der Waals surface area contributed by atoms with Crippen LogP contribution >= 0.6 is 0 Å². The van der Waals surface area contributed by atoms with Gasteiger partial charge in [0.15, 0.2) is 0 Å². The predicted molar refractivity (Wildman–Crippen MR) is 150 cm³/mol. The van der Waals surface area contributed by atoms with Gasteiger partial charge >= 0.3 is 11.7 Å². The van der Waals surface area contributed by atoms with Crippen molar-refractivity contribution in [2.24, 2.45) is 7.05 Å². The van der Waals surface area contributed by atoms with Crippen molar-refractivity contribution >= 4 is 22.6 Å². The summed E-state index contributed by atoms with van der Waals surface area (Å²) in [6.45, 7) is 2.68. The van der Waals surface area contributed by atoms with Crippen LogP contribution in [-0.2, 0) is 29.5 Å². The summed E-state index contributed by atoms with van der Waals surface area (Å²) < 4.78 is 22.6. The molecule has 1 aliphatic heterocycles. The average molecular weight is 561 g/mol. The molecule has 0 unspecified atom stereocenters. The molecule has 3 aromatic carbocycles. The Labute approximate surface area is 234 Å². The second-order valence-corrected chi connectivity index (χ2v) is 9.90. The predicted octanol–water partition coefficient (Wildman–Crippen LogP) is 2.09. The fourth-order valence-corrected chi connectivity index (χ4v) is 5.12. The van der Waals surface area contributed by atoms with Crippen LogP contribution in [0.25, 0.3) is 16.5 Å². The first kappa shape index (κ1) is 27.9. The number of aromatic nitrogens is 2. The van der Waals surface area contributed by atoms with E-state index < -0.39 is 35.0 Å². The normalized spacial score (nSPS) is 14.6. The molecule has 0 bridgehead atoms. The zero-order chi connectivity index (χ0) is 29.1. The van der Waals surface area contributed by atoms with Crippen LogP contribution in [-0.4, -0.2) is 63.4 Å². The van der Waals surface area contributed by atoms with Gasteiger partial charge in [0, 0.05) is 50.8 Å². The molecule has 4 aromatic rings.